The molecule has 27 heavy (non-hydrogen) atoms. The predicted molar refractivity (Wildman–Crippen MR) is 77.2 cm³/mol. The first kappa shape index (κ1) is 19.1. The molecule has 0 heterocycles. The summed E-state index contributed by atoms with van der Waals surface area (Å²) in [5.74, 6) is -13.5. The standard InChI is InChI=1S/C17H9F8NO/c18-10-11(19)13(21)15(14(22)12(10)20)26-16(27)9-5-8(9)6-1-3-7(4-2-6)17(23,24)25/h1-4,8-9H,5H2,(H,26,27)/t8-,9-/m1/s1. The summed E-state index contributed by atoms with van der Waals surface area (Å²) in [5, 5.41) is 1.67. The van der Waals surface area contributed by atoms with Gasteiger partial charge in [0.05, 0.1) is 5.56 Å². The zero-order chi connectivity index (χ0) is 20.1. The van der Waals surface area contributed by atoms with Crippen LogP contribution in [0, 0.1) is 35.0 Å². The number of alkyl halides is 3. The van der Waals surface area contributed by atoms with Gasteiger partial charge in [-0.15, -0.1) is 0 Å². The van der Waals surface area contributed by atoms with Crippen LogP contribution in [0.4, 0.5) is 40.8 Å². The van der Waals surface area contributed by atoms with Crippen LogP contribution in [-0.2, 0) is 11.0 Å². The van der Waals surface area contributed by atoms with Gasteiger partial charge in [0, 0.05) is 5.92 Å². The largest absolute Gasteiger partial charge is 0.416 e. The zero-order valence-electron chi connectivity index (χ0n) is 13.1. The van der Waals surface area contributed by atoms with Crippen LogP contribution >= 0.6 is 0 Å². The Morgan fingerprint density at radius 3 is 1.81 bits per heavy atom. The molecule has 0 radical (unpaired) electrons. The van der Waals surface area contributed by atoms with Crippen LogP contribution in [0.1, 0.15) is 23.5 Å². The lowest BCUT2D eigenvalue weighted by Crippen LogP contribution is -2.18. The molecule has 0 aromatic heterocycles. The highest BCUT2D eigenvalue weighted by Crippen LogP contribution is 2.48. The van der Waals surface area contributed by atoms with Crippen molar-refractivity contribution >= 4 is 11.6 Å². The SMILES string of the molecule is O=C(Nc1c(F)c(F)c(F)c(F)c1F)[C@@H]1C[C@@H]1c1ccc(C(F)(F)F)cc1. The summed E-state index contributed by atoms with van der Waals surface area (Å²) < 4.78 is 104. The summed E-state index contributed by atoms with van der Waals surface area (Å²) in [4.78, 5) is 12.0. The molecule has 0 spiro atoms. The molecule has 10 heteroatoms. The molecule has 1 amide bonds. The highest BCUT2D eigenvalue weighted by molar-refractivity contribution is 5.95. The van der Waals surface area contributed by atoms with E-state index in [-0.39, 0.29) is 6.42 Å². The molecule has 1 aliphatic rings. The van der Waals surface area contributed by atoms with E-state index in [1.165, 1.54) is 12.1 Å². The Bertz CT molecular complexity index is 878. The lowest BCUT2D eigenvalue weighted by Gasteiger charge is -2.10. The van der Waals surface area contributed by atoms with Gasteiger partial charge >= 0.3 is 6.18 Å². The Labute approximate surface area is 146 Å². The number of amides is 1. The molecule has 3 rings (SSSR count). The molecule has 0 bridgehead atoms. The van der Waals surface area contributed by atoms with Gasteiger partial charge in [0.2, 0.25) is 11.7 Å². The van der Waals surface area contributed by atoms with Gasteiger partial charge in [0.25, 0.3) is 0 Å². The molecule has 2 aromatic carbocycles. The second-order valence-electron chi connectivity index (χ2n) is 6.00. The van der Waals surface area contributed by atoms with Crippen LogP contribution in [-0.4, -0.2) is 5.91 Å². The van der Waals surface area contributed by atoms with E-state index in [2.05, 4.69) is 0 Å². The van der Waals surface area contributed by atoms with Gasteiger partial charge in [-0.3, -0.25) is 4.79 Å². The smallest absolute Gasteiger partial charge is 0.321 e. The number of halogens is 8. The second-order valence-corrected chi connectivity index (χ2v) is 6.00. The van der Waals surface area contributed by atoms with E-state index in [4.69, 9.17) is 0 Å². The van der Waals surface area contributed by atoms with Crippen molar-refractivity contribution in [3.63, 3.8) is 0 Å². The van der Waals surface area contributed by atoms with E-state index in [1.54, 1.807) is 5.32 Å². The minimum absolute atomic E-state index is 0.159. The third kappa shape index (κ3) is 3.47. The number of carbonyl (C=O) groups excluding carboxylic acids is 1. The van der Waals surface area contributed by atoms with E-state index in [9.17, 15) is 39.9 Å². The van der Waals surface area contributed by atoms with Crippen molar-refractivity contribution in [1.82, 2.24) is 0 Å². The Balaban J connectivity index is 1.75. The summed E-state index contributed by atoms with van der Waals surface area (Å²) >= 11 is 0. The topological polar surface area (TPSA) is 29.1 Å². The number of hydrogen-bond donors (Lipinski definition) is 1. The maximum Gasteiger partial charge on any atom is 0.416 e. The molecule has 1 N–H and O–H groups in total. The van der Waals surface area contributed by atoms with Crippen LogP contribution in [0.25, 0.3) is 0 Å². The molecular formula is C17H9F8NO. The van der Waals surface area contributed by atoms with Crippen LogP contribution < -0.4 is 5.32 Å². The first-order valence-electron chi connectivity index (χ1n) is 7.51. The van der Waals surface area contributed by atoms with Crippen molar-refractivity contribution < 1.29 is 39.9 Å². The molecule has 1 aliphatic carbocycles. The van der Waals surface area contributed by atoms with Gasteiger partial charge in [0.15, 0.2) is 23.3 Å². The molecule has 2 nitrogen and oxygen atoms in total. The first-order valence-corrected chi connectivity index (χ1v) is 7.51. The Kier molecular flexibility index (Phi) is 4.61. The molecule has 1 fully saturated rings. The fraction of sp³-hybridized carbons (Fsp3) is 0.235. The maximum absolute atomic E-state index is 13.6. The minimum atomic E-state index is -4.52. The van der Waals surface area contributed by atoms with E-state index in [1.807, 2.05) is 0 Å². The first-order chi connectivity index (χ1) is 12.5. The van der Waals surface area contributed by atoms with Gasteiger partial charge in [-0.05, 0) is 30.0 Å². The van der Waals surface area contributed by atoms with Crippen LogP contribution in [0.2, 0.25) is 0 Å². The predicted octanol–water partition coefficient (Wildman–Crippen LogP) is 5.14. The molecule has 0 unspecified atom stereocenters. The van der Waals surface area contributed by atoms with Crippen LogP contribution in [0.5, 0.6) is 0 Å². The number of hydrogen-bond acceptors (Lipinski definition) is 1. The van der Waals surface area contributed by atoms with Crippen molar-refractivity contribution in [3.8, 4) is 0 Å². The molecule has 2 aromatic rings. The van der Waals surface area contributed by atoms with Gasteiger partial charge in [0.1, 0.15) is 5.69 Å². The summed E-state index contributed by atoms with van der Waals surface area (Å²) in [6.45, 7) is 0. The number of anilines is 1. The van der Waals surface area contributed by atoms with E-state index in [0.717, 1.165) is 12.1 Å². The average molecular weight is 395 g/mol. The minimum Gasteiger partial charge on any atom is -0.321 e. The van der Waals surface area contributed by atoms with Gasteiger partial charge in [-0.2, -0.15) is 13.2 Å². The quantitative estimate of drug-likeness (QED) is 0.435. The van der Waals surface area contributed by atoms with Gasteiger partial charge in [-0.25, -0.2) is 22.0 Å². The summed E-state index contributed by atoms with van der Waals surface area (Å²) in [6.07, 6.45) is -4.36. The molecule has 2 atom stereocenters. The summed E-state index contributed by atoms with van der Waals surface area (Å²) in [7, 11) is 0. The van der Waals surface area contributed by atoms with Gasteiger partial charge < -0.3 is 5.32 Å². The van der Waals surface area contributed by atoms with E-state index in [0.29, 0.717) is 5.56 Å². The molecule has 0 saturated heterocycles. The summed E-state index contributed by atoms with van der Waals surface area (Å²) in [5.41, 5.74) is -1.95. The molecule has 0 aliphatic heterocycles. The molecular weight excluding hydrogens is 386 g/mol. The molecule has 1 saturated carbocycles. The van der Waals surface area contributed by atoms with Crippen molar-refractivity contribution in [1.29, 1.82) is 0 Å². The highest BCUT2D eigenvalue weighted by Gasteiger charge is 2.45. The highest BCUT2D eigenvalue weighted by atomic mass is 19.4. The maximum atomic E-state index is 13.6. The number of nitrogens with one attached hydrogen (secondary N) is 1. The van der Waals surface area contributed by atoms with Crippen molar-refractivity contribution in [2.24, 2.45) is 5.92 Å². The van der Waals surface area contributed by atoms with E-state index < -0.39 is 64.3 Å². The fourth-order valence-electron chi connectivity index (χ4n) is 2.70. The lowest BCUT2D eigenvalue weighted by molar-refractivity contribution is -0.137. The fourth-order valence-corrected chi connectivity index (χ4v) is 2.70. The van der Waals surface area contributed by atoms with Crippen molar-refractivity contribution in [3.05, 3.63) is 64.5 Å². The number of benzene rings is 2. The third-order valence-corrected chi connectivity index (χ3v) is 4.25. The number of carbonyl (C=O) groups is 1. The molecule has 144 valence electrons. The van der Waals surface area contributed by atoms with E-state index >= 15 is 0 Å². The van der Waals surface area contributed by atoms with Crippen LogP contribution in [0.15, 0.2) is 24.3 Å². The number of rotatable bonds is 3. The second kappa shape index (κ2) is 6.50. The third-order valence-electron chi connectivity index (χ3n) is 4.25. The Morgan fingerprint density at radius 2 is 1.33 bits per heavy atom. The Morgan fingerprint density at radius 1 is 0.852 bits per heavy atom. The normalized spacial score (nSPS) is 19.1. The van der Waals surface area contributed by atoms with Crippen molar-refractivity contribution in [2.45, 2.75) is 18.5 Å². The van der Waals surface area contributed by atoms with Gasteiger partial charge in [-0.1, -0.05) is 12.1 Å². The lowest BCUT2D eigenvalue weighted by atomic mass is 10.1. The van der Waals surface area contributed by atoms with Crippen LogP contribution in [0.3, 0.4) is 0 Å². The average Bonchev–Trinajstić information content (AvgIpc) is 3.42. The van der Waals surface area contributed by atoms with Crippen molar-refractivity contribution in [2.75, 3.05) is 5.32 Å². The monoisotopic (exact) mass is 395 g/mol. The zero-order valence-corrected chi connectivity index (χ0v) is 13.1. The summed E-state index contributed by atoms with van der Waals surface area (Å²) in [6, 6.07) is 3.98. The Hall–Kier alpha value is -2.65.